The minimum absolute atomic E-state index is 0.0259. The zero-order valence-corrected chi connectivity index (χ0v) is 12.3. The van der Waals surface area contributed by atoms with E-state index in [4.69, 9.17) is 0 Å². The van der Waals surface area contributed by atoms with Crippen LogP contribution in [0.25, 0.3) is 0 Å². The van der Waals surface area contributed by atoms with Gasteiger partial charge in [-0.15, -0.1) is 0 Å². The van der Waals surface area contributed by atoms with Crippen molar-refractivity contribution < 1.29 is 4.79 Å². The third-order valence-electron chi connectivity index (χ3n) is 3.01. The van der Waals surface area contributed by atoms with Crippen molar-refractivity contribution in [1.82, 2.24) is 9.88 Å². The predicted octanol–water partition coefficient (Wildman–Crippen LogP) is 3.17. The van der Waals surface area contributed by atoms with Crippen LogP contribution in [0.4, 0.5) is 5.69 Å². The van der Waals surface area contributed by atoms with Gasteiger partial charge in [-0.05, 0) is 31.9 Å². The summed E-state index contributed by atoms with van der Waals surface area (Å²) < 4.78 is 0. The monoisotopic (exact) mass is 263 g/mol. The van der Waals surface area contributed by atoms with E-state index in [1.165, 1.54) is 0 Å². The molecule has 1 amide bonds. The first-order valence-corrected chi connectivity index (χ1v) is 7.22. The van der Waals surface area contributed by atoms with E-state index in [1.807, 2.05) is 17.9 Å². The lowest BCUT2D eigenvalue weighted by Crippen LogP contribution is -2.32. The highest BCUT2D eigenvalue weighted by molar-refractivity contribution is 5.92. The van der Waals surface area contributed by atoms with Crippen molar-refractivity contribution in [3.05, 3.63) is 24.0 Å². The lowest BCUT2D eigenvalue weighted by atomic mass is 10.2. The Hall–Kier alpha value is -1.58. The number of nitrogens with zero attached hydrogens (tertiary/aromatic N) is 2. The summed E-state index contributed by atoms with van der Waals surface area (Å²) in [6.07, 6.45) is 4.94. The van der Waals surface area contributed by atoms with Crippen LogP contribution >= 0.6 is 0 Å². The maximum absolute atomic E-state index is 12.3. The number of nitrogens with one attached hydrogen (secondary N) is 1. The molecule has 19 heavy (non-hydrogen) atoms. The molecule has 0 fully saturated rings. The molecule has 0 aliphatic heterocycles. The standard InChI is InChI=1S/C15H25N3O/c1-4-7-11-18(6-3)15(19)14-9-8-13(12-17-14)16-10-5-2/h8-9,12,16H,4-7,10-11H2,1-3H3. The second-order valence-corrected chi connectivity index (χ2v) is 4.60. The number of carbonyl (C=O) groups is 1. The molecule has 1 aromatic heterocycles. The van der Waals surface area contributed by atoms with Crippen LogP contribution in [0.15, 0.2) is 18.3 Å². The lowest BCUT2D eigenvalue weighted by molar-refractivity contribution is 0.0756. The molecule has 0 bridgehead atoms. The second-order valence-electron chi connectivity index (χ2n) is 4.60. The summed E-state index contributed by atoms with van der Waals surface area (Å²) in [5.41, 5.74) is 1.50. The number of anilines is 1. The first-order chi connectivity index (χ1) is 9.22. The average Bonchev–Trinajstić information content (AvgIpc) is 2.46. The van der Waals surface area contributed by atoms with Gasteiger partial charge in [-0.1, -0.05) is 20.3 Å². The second kappa shape index (κ2) is 8.51. The van der Waals surface area contributed by atoms with E-state index in [1.54, 1.807) is 12.3 Å². The smallest absolute Gasteiger partial charge is 0.272 e. The molecule has 1 aromatic rings. The number of unbranched alkanes of at least 4 members (excludes halogenated alkanes) is 1. The number of rotatable bonds is 8. The molecule has 1 N–H and O–H groups in total. The zero-order chi connectivity index (χ0) is 14.1. The summed E-state index contributed by atoms with van der Waals surface area (Å²) in [6.45, 7) is 8.72. The minimum atomic E-state index is 0.0259. The Balaban J connectivity index is 2.65. The van der Waals surface area contributed by atoms with Crippen LogP contribution in [0.1, 0.15) is 50.5 Å². The van der Waals surface area contributed by atoms with Gasteiger partial charge in [-0.3, -0.25) is 4.79 Å². The van der Waals surface area contributed by atoms with E-state index in [-0.39, 0.29) is 5.91 Å². The van der Waals surface area contributed by atoms with E-state index in [0.29, 0.717) is 5.69 Å². The van der Waals surface area contributed by atoms with Crippen LogP contribution in [0, 0.1) is 0 Å². The molecule has 0 saturated heterocycles. The molecular weight excluding hydrogens is 238 g/mol. The molecule has 106 valence electrons. The quantitative estimate of drug-likeness (QED) is 0.783. The molecule has 0 atom stereocenters. The van der Waals surface area contributed by atoms with Crippen molar-refractivity contribution in [3.63, 3.8) is 0 Å². The largest absolute Gasteiger partial charge is 0.384 e. The van der Waals surface area contributed by atoms with E-state index < -0.39 is 0 Å². The van der Waals surface area contributed by atoms with Crippen LogP contribution in [-0.4, -0.2) is 35.4 Å². The first kappa shape index (κ1) is 15.5. The SMILES string of the molecule is CCCCN(CC)C(=O)c1ccc(NCCC)cn1. The molecule has 1 heterocycles. The van der Waals surface area contributed by atoms with Gasteiger partial charge in [0.15, 0.2) is 0 Å². The van der Waals surface area contributed by atoms with E-state index >= 15 is 0 Å². The molecule has 0 unspecified atom stereocenters. The van der Waals surface area contributed by atoms with Gasteiger partial charge in [-0.2, -0.15) is 0 Å². The van der Waals surface area contributed by atoms with E-state index in [0.717, 1.165) is 44.6 Å². The Bertz CT molecular complexity index is 375. The predicted molar refractivity (Wildman–Crippen MR) is 79.5 cm³/mol. The summed E-state index contributed by atoms with van der Waals surface area (Å²) in [5.74, 6) is 0.0259. The highest BCUT2D eigenvalue weighted by Gasteiger charge is 2.14. The van der Waals surface area contributed by atoms with Gasteiger partial charge in [0.05, 0.1) is 11.9 Å². The van der Waals surface area contributed by atoms with Crippen molar-refractivity contribution in [2.45, 2.75) is 40.0 Å². The Kier molecular flexibility index (Phi) is 6.93. The van der Waals surface area contributed by atoms with Crippen molar-refractivity contribution >= 4 is 11.6 Å². The van der Waals surface area contributed by atoms with Gasteiger partial charge < -0.3 is 10.2 Å². The third kappa shape index (κ3) is 4.89. The van der Waals surface area contributed by atoms with Crippen LogP contribution in [0.2, 0.25) is 0 Å². The number of hydrogen-bond donors (Lipinski definition) is 1. The van der Waals surface area contributed by atoms with Crippen LogP contribution < -0.4 is 5.32 Å². The van der Waals surface area contributed by atoms with Gasteiger partial charge in [-0.25, -0.2) is 4.98 Å². The molecular formula is C15H25N3O. The maximum Gasteiger partial charge on any atom is 0.272 e. The molecule has 0 aliphatic rings. The molecule has 1 rings (SSSR count). The number of amides is 1. The summed E-state index contributed by atoms with van der Waals surface area (Å²) in [6, 6.07) is 3.72. The normalized spacial score (nSPS) is 10.3. The molecule has 4 heteroatoms. The van der Waals surface area contributed by atoms with Crippen LogP contribution in [0.5, 0.6) is 0 Å². The third-order valence-corrected chi connectivity index (χ3v) is 3.01. The van der Waals surface area contributed by atoms with Crippen molar-refractivity contribution in [1.29, 1.82) is 0 Å². The van der Waals surface area contributed by atoms with E-state index in [9.17, 15) is 4.79 Å². The number of hydrogen-bond acceptors (Lipinski definition) is 3. The lowest BCUT2D eigenvalue weighted by Gasteiger charge is -2.20. The maximum atomic E-state index is 12.3. The Morgan fingerprint density at radius 3 is 2.58 bits per heavy atom. The van der Waals surface area contributed by atoms with Gasteiger partial charge in [0.2, 0.25) is 0 Å². The molecule has 4 nitrogen and oxygen atoms in total. The van der Waals surface area contributed by atoms with Crippen LogP contribution in [-0.2, 0) is 0 Å². The minimum Gasteiger partial charge on any atom is -0.384 e. The van der Waals surface area contributed by atoms with E-state index in [2.05, 4.69) is 24.1 Å². The summed E-state index contributed by atoms with van der Waals surface area (Å²) in [5, 5.41) is 3.25. The summed E-state index contributed by atoms with van der Waals surface area (Å²) in [4.78, 5) is 18.4. The molecule has 0 aromatic carbocycles. The summed E-state index contributed by atoms with van der Waals surface area (Å²) in [7, 11) is 0. The fourth-order valence-corrected chi connectivity index (χ4v) is 1.81. The molecule has 0 spiro atoms. The average molecular weight is 263 g/mol. The van der Waals surface area contributed by atoms with Gasteiger partial charge >= 0.3 is 0 Å². The summed E-state index contributed by atoms with van der Waals surface area (Å²) >= 11 is 0. The van der Waals surface area contributed by atoms with Gasteiger partial charge in [0.25, 0.3) is 5.91 Å². The highest BCUT2D eigenvalue weighted by Crippen LogP contribution is 2.09. The Labute approximate surface area is 116 Å². The number of aromatic nitrogens is 1. The fourth-order valence-electron chi connectivity index (χ4n) is 1.81. The first-order valence-electron chi connectivity index (χ1n) is 7.22. The highest BCUT2D eigenvalue weighted by atomic mass is 16.2. The Morgan fingerprint density at radius 1 is 1.26 bits per heavy atom. The van der Waals surface area contributed by atoms with Crippen molar-refractivity contribution in [2.75, 3.05) is 25.0 Å². The Morgan fingerprint density at radius 2 is 2.05 bits per heavy atom. The van der Waals surface area contributed by atoms with Gasteiger partial charge in [0.1, 0.15) is 5.69 Å². The van der Waals surface area contributed by atoms with Crippen LogP contribution in [0.3, 0.4) is 0 Å². The fraction of sp³-hybridized carbons (Fsp3) is 0.600. The number of carbonyl (C=O) groups excluding carboxylic acids is 1. The zero-order valence-electron chi connectivity index (χ0n) is 12.3. The molecule has 0 saturated carbocycles. The van der Waals surface area contributed by atoms with Crippen molar-refractivity contribution in [3.8, 4) is 0 Å². The topological polar surface area (TPSA) is 45.2 Å². The van der Waals surface area contributed by atoms with Gasteiger partial charge in [0, 0.05) is 19.6 Å². The molecule has 0 radical (unpaired) electrons. The van der Waals surface area contributed by atoms with Crippen molar-refractivity contribution in [2.24, 2.45) is 0 Å². The number of pyridine rings is 1. The molecule has 0 aliphatic carbocycles.